The number of aromatic nitrogens is 2. The zero-order valence-corrected chi connectivity index (χ0v) is 17.6. The number of halogens is 1. The number of pyridine rings is 1. The lowest BCUT2D eigenvalue weighted by atomic mass is 9.96. The van der Waals surface area contributed by atoms with Crippen molar-refractivity contribution >= 4 is 44.1 Å². The minimum atomic E-state index is -0.898. The van der Waals surface area contributed by atoms with Gasteiger partial charge in [0.2, 0.25) is 0 Å². The fraction of sp³-hybridized carbons (Fsp3) is 0.0833. The van der Waals surface area contributed by atoms with E-state index in [0.717, 1.165) is 10.3 Å². The minimum Gasteiger partial charge on any atom is -0.507 e. The first kappa shape index (κ1) is 20.0. The van der Waals surface area contributed by atoms with Crippen LogP contribution >= 0.6 is 11.3 Å². The molecular weight excluding hydrogens is 429 g/mol. The highest BCUT2D eigenvalue weighted by Crippen LogP contribution is 2.44. The maximum Gasteiger partial charge on any atom is 0.301 e. The Hall–Kier alpha value is -3.91. The summed E-state index contributed by atoms with van der Waals surface area (Å²) in [7, 11) is 0. The Kier molecular flexibility index (Phi) is 4.79. The lowest BCUT2D eigenvalue weighted by molar-refractivity contribution is -0.132. The van der Waals surface area contributed by atoms with E-state index in [-0.39, 0.29) is 16.9 Å². The van der Waals surface area contributed by atoms with Crippen LogP contribution in [-0.4, -0.2) is 26.8 Å². The van der Waals surface area contributed by atoms with Crippen LogP contribution in [0.2, 0.25) is 0 Å². The van der Waals surface area contributed by atoms with Crippen molar-refractivity contribution in [3.63, 3.8) is 0 Å². The Balaban J connectivity index is 1.72. The predicted molar refractivity (Wildman–Crippen MR) is 120 cm³/mol. The van der Waals surface area contributed by atoms with Gasteiger partial charge in [-0.2, -0.15) is 0 Å². The van der Waals surface area contributed by atoms with Gasteiger partial charge in [0.15, 0.2) is 5.13 Å². The molecule has 4 aromatic rings. The summed E-state index contributed by atoms with van der Waals surface area (Å²) in [4.78, 5) is 36.2. The fourth-order valence-electron chi connectivity index (χ4n) is 3.78. The molecule has 2 aromatic carbocycles. The Bertz CT molecular complexity index is 1400. The number of ketones is 1. The zero-order valence-electron chi connectivity index (χ0n) is 16.8. The van der Waals surface area contributed by atoms with Gasteiger partial charge in [-0.15, -0.1) is 0 Å². The molecule has 0 radical (unpaired) electrons. The molecular formula is C24H16FN3O3S. The number of hydrogen-bond acceptors (Lipinski definition) is 6. The summed E-state index contributed by atoms with van der Waals surface area (Å²) in [5.41, 5.74) is 2.52. The molecule has 1 aliphatic heterocycles. The number of anilines is 1. The highest BCUT2D eigenvalue weighted by molar-refractivity contribution is 7.22. The van der Waals surface area contributed by atoms with Gasteiger partial charge in [0, 0.05) is 18.0 Å². The van der Waals surface area contributed by atoms with Crippen molar-refractivity contribution in [2.24, 2.45) is 0 Å². The highest BCUT2D eigenvalue weighted by Gasteiger charge is 2.48. The third kappa shape index (κ3) is 3.25. The molecule has 0 bridgehead atoms. The average molecular weight is 445 g/mol. The number of fused-ring (bicyclic) bond motifs is 1. The van der Waals surface area contributed by atoms with Crippen LogP contribution in [0.3, 0.4) is 0 Å². The first-order valence-corrected chi connectivity index (χ1v) is 10.6. The maximum atomic E-state index is 13.4. The van der Waals surface area contributed by atoms with E-state index in [9.17, 15) is 19.1 Å². The molecule has 1 unspecified atom stereocenters. The molecule has 8 heteroatoms. The van der Waals surface area contributed by atoms with Crippen LogP contribution in [0.1, 0.15) is 22.7 Å². The van der Waals surface area contributed by atoms with Gasteiger partial charge in [-0.3, -0.25) is 19.5 Å². The minimum absolute atomic E-state index is 0.0803. The normalized spacial score (nSPS) is 17.9. The molecule has 5 rings (SSSR count). The Morgan fingerprint density at radius 3 is 2.50 bits per heavy atom. The molecule has 1 fully saturated rings. The highest BCUT2D eigenvalue weighted by atomic mass is 32.1. The molecule has 3 heterocycles. The molecule has 0 saturated carbocycles. The number of aliphatic hydroxyl groups excluding tert-OH is 1. The second kappa shape index (κ2) is 7.65. The summed E-state index contributed by atoms with van der Waals surface area (Å²) >= 11 is 1.30. The Morgan fingerprint density at radius 2 is 1.78 bits per heavy atom. The van der Waals surface area contributed by atoms with Gasteiger partial charge < -0.3 is 5.11 Å². The summed E-state index contributed by atoms with van der Waals surface area (Å²) in [5, 5.41) is 11.4. The van der Waals surface area contributed by atoms with Crippen molar-refractivity contribution in [2.45, 2.75) is 13.0 Å². The van der Waals surface area contributed by atoms with Crippen LogP contribution in [0.5, 0.6) is 0 Å². The number of thiazole rings is 1. The van der Waals surface area contributed by atoms with E-state index < -0.39 is 23.5 Å². The van der Waals surface area contributed by atoms with Gasteiger partial charge in [0.25, 0.3) is 5.78 Å². The van der Waals surface area contributed by atoms with E-state index in [1.54, 1.807) is 24.5 Å². The third-order valence-electron chi connectivity index (χ3n) is 5.32. The number of nitrogens with zero attached hydrogens (tertiary/aromatic N) is 3. The molecule has 1 aliphatic rings. The first-order valence-electron chi connectivity index (χ1n) is 9.78. The van der Waals surface area contributed by atoms with Crippen molar-refractivity contribution in [1.29, 1.82) is 0 Å². The topological polar surface area (TPSA) is 83.4 Å². The van der Waals surface area contributed by atoms with Gasteiger partial charge in [-0.05, 0) is 66.6 Å². The van der Waals surface area contributed by atoms with Crippen molar-refractivity contribution in [2.75, 3.05) is 4.90 Å². The predicted octanol–water partition coefficient (Wildman–Crippen LogP) is 4.77. The Labute approximate surface area is 186 Å². The lowest BCUT2D eigenvalue weighted by Gasteiger charge is -2.22. The summed E-state index contributed by atoms with van der Waals surface area (Å²) in [6.45, 7) is 1.96. The number of hydrogen-bond donors (Lipinski definition) is 1. The number of carbonyl (C=O) groups is 2. The molecule has 1 saturated heterocycles. The number of amides is 1. The average Bonchev–Trinajstić information content (AvgIpc) is 3.32. The summed E-state index contributed by atoms with van der Waals surface area (Å²) in [5.74, 6) is -2.46. The third-order valence-corrected chi connectivity index (χ3v) is 6.34. The first-order chi connectivity index (χ1) is 15.4. The van der Waals surface area contributed by atoms with Crippen molar-refractivity contribution in [3.05, 3.63) is 95.1 Å². The molecule has 0 aliphatic carbocycles. The van der Waals surface area contributed by atoms with Gasteiger partial charge in [0.05, 0.1) is 21.8 Å². The van der Waals surface area contributed by atoms with Crippen LogP contribution in [0.15, 0.2) is 72.6 Å². The number of aliphatic hydroxyl groups is 1. The fourth-order valence-corrected chi connectivity index (χ4v) is 4.87. The largest absolute Gasteiger partial charge is 0.507 e. The van der Waals surface area contributed by atoms with Crippen molar-refractivity contribution in [3.8, 4) is 0 Å². The quantitative estimate of drug-likeness (QED) is 0.279. The second-order valence-corrected chi connectivity index (χ2v) is 8.43. The van der Waals surface area contributed by atoms with E-state index in [2.05, 4.69) is 9.97 Å². The van der Waals surface area contributed by atoms with E-state index in [1.165, 1.54) is 40.5 Å². The molecule has 0 spiro atoms. The maximum absolute atomic E-state index is 13.4. The second-order valence-electron chi connectivity index (χ2n) is 7.42. The molecule has 6 nitrogen and oxygen atoms in total. The van der Waals surface area contributed by atoms with E-state index in [0.29, 0.717) is 16.2 Å². The summed E-state index contributed by atoms with van der Waals surface area (Å²) < 4.78 is 14.3. The zero-order chi connectivity index (χ0) is 22.4. The van der Waals surface area contributed by atoms with Gasteiger partial charge in [-0.1, -0.05) is 17.4 Å². The number of rotatable bonds is 3. The SMILES string of the molecule is Cc1ccc2nc(N3C(=O)C(=O)/C(=C(/O)c4ccc(F)cc4)C3c3ccncc3)sc2c1. The standard InChI is InChI=1S/C24H16FN3O3S/c1-13-2-7-17-18(12-13)32-24(27-17)28-20(14-8-10-26-11-9-14)19(22(30)23(28)31)21(29)15-3-5-16(25)6-4-15/h2-12,20,29H,1H3/b21-19+. The van der Waals surface area contributed by atoms with Crippen LogP contribution in [0.25, 0.3) is 16.0 Å². The van der Waals surface area contributed by atoms with Crippen molar-refractivity contribution < 1.29 is 19.1 Å². The molecule has 2 aromatic heterocycles. The molecule has 1 amide bonds. The Morgan fingerprint density at radius 1 is 1.06 bits per heavy atom. The molecule has 1 atom stereocenters. The molecule has 1 N–H and O–H groups in total. The number of aryl methyl sites for hydroxylation is 1. The van der Waals surface area contributed by atoms with Gasteiger partial charge >= 0.3 is 5.91 Å². The number of carbonyl (C=O) groups excluding carboxylic acids is 2. The van der Waals surface area contributed by atoms with Crippen molar-refractivity contribution in [1.82, 2.24) is 9.97 Å². The van der Waals surface area contributed by atoms with E-state index >= 15 is 0 Å². The molecule has 158 valence electrons. The van der Waals surface area contributed by atoms with E-state index in [4.69, 9.17) is 0 Å². The van der Waals surface area contributed by atoms with Crippen LogP contribution in [-0.2, 0) is 9.59 Å². The van der Waals surface area contributed by atoms with Gasteiger partial charge in [-0.25, -0.2) is 9.37 Å². The lowest BCUT2D eigenvalue weighted by Crippen LogP contribution is -2.29. The smallest absolute Gasteiger partial charge is 0.301 e. The summed E-state index contributed by atoms with van der Waals surface area (Å²) in [6, 6.07) is 13.3. The van der Waals surface area contributed by atoms with E-state index in [1.807, 2.05) is 25.1 Å². The van der Waals surface area contributed by atoms with Gasteiger partial charge in [0.1, 0.15) is 11.6 Å². The monoisotopic (exact) mass is 445 g/mol. The molecule has 32 heavy (non-hydrogen) atoms. The van der Waals surface area contributed by atoms with Crippen LogP contribution in [0, 0.1) is 12.7 Å². The summed E-state index contributed by atoms with van der Waals surface area (Å²) in [6.07, 6.45) is 3.10. The van der Waals surface area contributed by atoms with Crippen LogP contribution < -0.4 is 4.90 Å². The number of Topliss-reactive ketones (excluding diaryl/α,β-unsaturated/α-hetero) is 1. The van der Waals surface area contributed by atoms with Crippen LogP contribution in [0.4, 0.5) is 9.52 Å². The number of benzene rings is 2.